The highest BCUT2D eigenvalue weighted by Gasteiger charge is 2.20. The summed E-state index contributed by atoms with van der Waals surface area (Å²) in [7, 11) is 2.90. The second-order valence-corrected chi connectivity index (χ2v) is 7.34. The molecule has 166 valence electrons. The number of primary amides is 1. The maximum Gasteiger partial charge on any atom is 0.337 e. The summed E-state index contributed by atoms with van der Waals surface area (Å²) >= 11 is 0. The highest BCUT2D eigenvalue weighted by atomic mass is 16.5. The lowest BCUT2D eigenvalue weighted by Gasteiger charge is -2.14. The van der Waals surface area contributed by atoms with Crippen molar-refractivity contribution in [3.63, 3.8) is 0 Å². The van der Waals surface area contributed by atoms with E-state index < -0.39 is 12.0 Å². The molecule has 0 aliphatic carbocycles. The fraction of sp³-hybridized carbons (Fsp3) is 0.0800. The molecular formula is C25H22N4O4. The number of esters is 1. The highest BCUT2D eigenvalue weighted by Crippen LogP contribution is 2.32. The van der Waals surface area contributed by atoms with Gasteiger partial charge in [-0.15, -0.1) is 0 Å². The SMILES string of the molecule is COC(=O)c1ccc2c(C(=Nc3ccc(N(C)C(N)=O)cc3)c3ccccc3)c(O)[nH]c2c1. The van der Waals surface area contributed by atoms with Crippen LogP contribution in [-0.2, 0) is 4.74 Å². The van der Waals surface area contributed by atoms with Gasteiger partial charge >= 0.3 is 12.0 Å². The number of urea groups is 1. The molecule has 0 aliphatic heterocycles. The summed E-state index contributed by atoms with van der Waals surface area (Å²) in [6.45, 7) is 0. The first-order chi connectivity index (χ1) is 15.9. The molecule has 0 unspecified atom stereocenters. The molecule has 0 radical (unpaired) electrons. The average Bonchev–Trinajstić information content (AvgIpc) is 3.17. The number of carbonyl (C=O) groups excluding carboxylic acids is 2. The van der Waals surface area contributed by atoms with Crippen LogP contribution in [0.15, 0.2) is 77.8 Å². The second-order valence-electron chi connectivity index (χ2n) is 7.34. The van der Waals surface area contributed by atoms with E-state index in [0.29, 0.717) is 39.1 Å². The minimum Gasteiger partial charge on any atom is -0.494 e. The first-order valence-corrected chi connectivity index (χ1v) is 10.1. The molecule has 0 bridgehead atoms. The standard InChI is InChI=1S/C25H22N4O4/c1-29(25(26)32)18-11-9-17(10-12-18)27-22(15-6-4-3-5-7-15)21-19-13-8-16(24(31)33-2)14-20(19)28-23(21)30/h3-14,28,30H,1-2H3,(H2,26,32). The van der Waals surface area contributed by atoms with Crippen LogP contribution in [0, 0.1) is 0 Å². The topological polar surface area (TPSA) is 121 Å². The third kappa shape index (κ3) is 4.27. The number of nitrogens with zero attached hydrogens (tertiary/aromatic N) is 2. The molecule has 8 heteroatoms. The van der Waals surface area contributed by atoms with Gasteiger partial charge in [0, 0.05) is 29.2 Å². The Hall–Kier alpha value is -4.59. The molecule has 4 rings (SSSR count). The van der Waals surface area contributed by atoms with Crippen LogP contribution in [0.25, 0.3) is 10.9 Å². The molecule has 0 saturated carbocycles. The lowest BCUT2D eigenvalue weighted by molar-refractivity contribution is 0.0601. The van der Waals surface area contributed by atoms with Gasteiger partial charge in [0.1, 0.15) is 0 Å². The van der Waals surface area contributed by atoms with Crippen molar-refractivity contribution >= 4 is 40.0 Å². The Balaban J connectivity index is 1.86. The average molecular weight is 442 g/mol. The van der Waals surface area contributed by atoms with Crippen LogP contribution in [0.4, 0.5) is 16.2 Å². The van der Waals surface area contributed by atoms with E-state index in [0.717, 1.165) is 5.56 Å². The zero-order valence-electron chi connectivity index (χ0n) is 18.1. The third-order valence-electron chi connectivity index (χ3n) is 5.29. The van der Waals surface area contributed by atoms with Gasteiger partial charge in [-0.2, -0.15) is 0 Å². The Kier molecular flexibility index (Phi) is 5.82. The fourth-order valence-electron chi connectivity index (χ4n) is 3.54. The number of aromatic hydroxyl groups is 1. The molecule has 1 heterocycles. The van der Waals surface area contributed by atoms with Crippen molar-refractivity contribution < 1.29 is 19.4 Å². The van der Waals surface area contributed by atoms with Crippen LogP contribution in [0.1, 0.15) is 21.5 Å². The van der Waals surface area contributed by atoms with Crippen molar-refractivity contribution in [1.82, 2.24) is 4.98 Å². The number of H-pyrrole nitrogens is 1. The van der Waals surface area contributed by atoms with Gasteiger partial charge in [-0.05, 0) is 36.4 Å². The highest BCUT2D eigenvalue weighted by molar-refractivity contribution is 6.22. The quantitative estimate of drug-likeness (QED) is 0.314. The number of methoxy groups -OCH3 is 1. The summed E-state index contributed by atoms with van der Waals surface area (Å²) in [4.78, 5) is 32.4. The van der Waals surface area contributed by atoms with Crippen molar-refractivity contribution in [2.24, 2.45) is 10.7 Å². The van der Waals surface area contributed by atoms with Crippen LogP contribution in [0.3, 0.4) is 0 Å². The van der Waals surface area contributed by atoms with Crippen LogP contribution in [0.5, 0.6) is 5.88 Å². The van der Waals surface area contributed by atoms with E-state index in [2.05, 4.69) is 4.98 Å². The molecule has 3 aromatic carbocycles. The number of aromatic nitrogens is 1. The number of rotatable bonds is 5. The lowest BCUT2D eigenvalue weighted by Crippen LogP contribution is -2.31. The molecule has 0 spiro atoms. The van der Waals surface area contributed by atoms with Gasteiger partial charge in [-0.1, -0.05) is 36.4 Å². The molecule has 1 aromatic heterocycles. The number of ether oxygens (including phenoxy) is 1. The smallest absolute Gasteiger partial charge is 0.337 e. The Morgan fingerprint density at radius 1 is 1.00 bits per heavy atom. The van der Waals surface area contributed by atoms with E-state index in [1.54, 1.807) is 49.5 Å². The monoisotopic (exact) mass is 442 g/mol. The minimum absolute atomic E-state index is 0.0697. The summed E-state index contributed by atoms with van der Waals surface area (Å²) < 4.78 is 4.79. The number of hydrogen-bond donors (Lipinski definition) is 3. The molecule has 2 amide bonds. The number of amides is 2. The van der Waals surface area contributed by atoms with Gasteiger partial charge in [0.05, 0.1) is 29.6 Å². The molecule has 0 saturated heterocycles. The summed E-state index contributed by atoms with van der Waals surface area (Å²) in [5.41, 5.74) is 9.37. The molecule has 33 heavy (non-hydrogen) atoms. The number of benzene rings is 3. The Labute approximate surface area is 189 Å². The van der Waals surface area contributed by atoms with Crippen molar-refractivity contribution in [2.45, 2.75) is 0 Å². The number of hydrogen-bond acceptors (Lipinski definition) is 5. The second kappa shape index (κ2) is 8.88. The zero-order valence-corrected chi connectivity index (χ0v) is 18.1. The van der Waals surface area contributed by atoms with Crippen molar-refractivity contribution in [3.8, 4) is 5.88 Å². The van der Waals surface area contributed by atoms with E-state index in [-0.39, 0.29) is 5.88 Å². The van der Waals surface area contributed by atoms with E-state index in [4.69, 9.17) is 15.5 Å². The van der Waals surface area contributed by atoms with Gasteiger partial charge < -0.3 is 20.6 Å². The van der Waals surface area contributed by atoms with Gasteiger partial charge in [0.25, 0.3) is 0 Å². The van der Waals surface area contributed by atoms with Gasteiger partial charge in [-0.25, -0.2) is 14.6 Å². The van der Waals surface area contributed by atoms with Crippen molar-refractivity contribution in [1.29, 1.82) is 0 Å². The Morgan fingerprint density at radius 2 is 1.70 bits per heavy atom. The van der Waals surface area contributed by atoms with Crippen molar-refractivity contribution in [2.75, 3.05) is 19.1 Å². The molecule has 0 aliphatic rings. The fourth-order valence-corrected chi connectivity index (χ4v) is 3.54. The molecule has 8 nitrogen and oxygen atoms in total. The maximum absolute atomic E-state index is 11.9. The Bertz CT molecular complexity index is 1360. The van der Waals surface area contributed by atoms with E-state index in [9.17, 15) is 14.7 Å². The minimum atomic E-state index is -0.564. The number of aromatic amines is 1. The van der Waals surface area contributed by atoms with Crippen LogP contribution in [-0.4, -0.2) is 42.0 Å². The number of fused-ring (bicyclic) bond motifs is 1. The van der Waals surface area contributed by atoms with E-state index in [1.807, 2.05) is 30.3 Å². The van der Waals surface area contributed by atoms with Gasteiger partial charge in [0.2, 0.25) is 0 Å². The van der Waals surface area contributed by atoms with E-state index in [1.165, 1.54) is 12.0 Å². The molecule has 0 fully saturated rings. The molecular weight excluding hydrogens is 420 g/mol. The Morgan fingerprint density at radius 3 is 2.33 bits per heavy atom. The largest absolute Gasteiger partial charge is 0.494 e. The summed E-state index contributed by atoms with van der Waals surface area (Å²) in [5.74, 6) is -0.537. The molecule has 4 N–H and O–H groups in total. The first kappa shape index (κ1) is 21.6. The van der Waals surface area contributed by atoms with Crippen LogP contribution >= 0.6 is 0 Å². The van der Waals surface area contributed by atoms with Gasteiger partial charge in [0.15, 0.2) is 5.88 Å². The predicted octanol–water partition coefficient (Wildman–Crippen LogP) is 4.34. The van der Waals surface area contributed by atoms with E-state index >= 15 is 0 Å². The number of nitrogens with two attached hydrogens (primary N) is 1. The third-order valence-corrected chi connectivity index (χ3v) is 5.29. The predicted molar refractivity (Wildman–Crippen MR) is 127 cm³/mol. The van der Waals surface area contributed by atoms with Crippen molar-refractivity contribution in [3.05, 3.63) is 89.5 Å². The first-order valence-electron chi connectivity index (χ1n) is 10.1. The number of aliphatic imine (C=N–C) groups is 1. The summed E-state index contributed by atoms with van der Waals surface area (Å²) in [6, 6.07) is 20.9. The zero-order chi connectivity index (χ0) is 23.5. The van der Waals surface area contributed by atoms with Crippen LogP contribution < -0.4 is 10.6 Å². The molecule has 4 aromatic rings. The molecule has 0 atom stereocenters. The lowest BCUT2D eigenvalue weighted by atomic mass is 10.00. The normalized spacial score (nSPS) is 11.4. The number of anilines is 1. The summed E-state index contributed by atoms with van der Waals surface area (Å²) in [5, 5.41) is 11.5. The van der Waals surface area contributed by atoms with Gasteiger partial charge in [-0.3, -0.25) is 4.90 Å². The number of carbonyl (C=O) groups is 2. The summed E-state index contributed by atoms with van der Waals surface area (Å²) in [6.07, 6.45) is 0. The maximum atomic E-state index is 11.9. The van der Waals surface area contributed by atoms with Crippen LogP contribution in [0.2, 0.25) is 0 Å². The number of nitrogens with one attached hydrogen (secondary N) is 1.